The summed E-state index contributed by atoms with van der Waals surface area (Å²) < 4.78 is 21.5. The number of imide groups is 1. The van der Waals surface area contributed by atoms with Crippen LogP contribution in [0.1, 0.15) is 37.0 Å². The quantitative estimate of drug-likeness (QED) is 0.0901. The standard InChI is InChI=1S/C35H41NO8/c1-26(2)23-30(32(37)36(35(40)42-22-21-41-3)20-19-27-13-7-4-8-14-27)31(33(38)43-24-28-15-9-5-10-16-28)34(39)44-25-29-17-11-6-12-18-29/h4-18,26,30-31H,19-25H2,1-3H3/t30-/m1/s1. The van der Waals surface area contributed by atoms with Gasteiger partial charge < -0.3 is 18.9 Å². The summed E-state index contributed by atoms with van der Waals surface area (Å²) in [6.45, 7) is 3.60. The van der Waals surface area contributed by atoms with Gasteiger partial charge >= 0.3 is 18.0 Å². The van der Waals surface area contributed by atoms with Gasteiger partial charge in [0.05, 0.1) is 12.5 Å². The Labute approximate surface area is 259 Å². The van der Waals surface area contributed by atoms with E-state index in [2.05, 4.69) is 0 Å². The summed E-state index contributed by atoms with van der Waals surface area (Å²) in [7, 11) is 1.47. The van der Waals surface area contributed by atoms with Crippen LogP contribution < -0.4 is 0 Å². The molecule has 0 aliphatic carbocycles. The average Bonchev–Trinajstić information content (AvgIpc) is 3.04. The Morgan fingerprint density at radius 2 is 1.14 bits per heavy atom. The number of nitrogens with zero attached hydrogens (tertiary/aromatic N) is 1. The Morgan fingerprint density at radius 3 is 1.59 bits per heavy atom. The van der Waals surface area contributed by atoms with Gasteiger partial charge in [0.25, 0.3) is 0 Å². The molecule has 9 nitrogen and oxygen atoms in total. The van der Waals surface area contributed by atoms with Gasteiger partial charge in [0, 0.05) is 13.7 Å². The van der Waals surface area contributed by atoms with Crippen molar-refractivity contribution in [1.82, 2.24) is 4.90 Å². The Morgan fingerprint density at radius 1 is 0.659 bits per heavy atom. The summed E-state index contributed by atoms with van der Waals surface area (Å²) >= 11 is 0. The molecule has 0 fully saturated rings. The van der Waals surface area contributed by atoms with Crippen molar-refractivity contribution in [3.05, 3.63) is 108 Å². The maximum Gasteiger partial charge on any atom is 0.416 e. The van der Waals surface area contributed by atoms with Crippen LogP contribution in [-0.4, -0.2) is 55.7 Å². The van der Waals surface area contributed by atoms with Crippen molar-refractivity contribution >= 4 is 23.9 Å². The molecule has 0 saturated heterocycles. The van der Waals surface area contributed by atoms with Crippen molar-refractivity contribution in [1.29, 1.82) is 0 Å². The molecule has 0 bridgehead atoms. The van der Waals surface area contributed by atoms with E-state index in [9.17, 15) is 19.2 Å². The monoisotopic (exact) mass is 603 g/mol. The molecule has 0 unspecified atom stereocenters. The van der Waals surface area contributed by atoms with Crippen molar-refractivity contribution < 1.29 is 38.1 Å². The second-order valence-corrected chi connectivity index (χ2v) is 10.7. The Hall–Kier alpha value is -4.50. The maximum absolute atomic E-state index is 14.3. The van der Waals surface area contributed by atoms with Gasteiger partial charge in [-0.05, 0) is 35.4 Å². The number of hydrogen-bond donors (Lipinski definition) is 0. The number of ether oxygens (including phenoxy) is 4. The van der Waals surface area contributed by atoms with E-state index < -0.39 is 35.8 Å². The summed E-state index contributed by atoms with van der Waals surface area (Å²) in [6.07, 6.45) is -0.412. The molecular weight excluding hydrogens is 562 g/mol. The van der Waals surface area contributed by atoms with Gasteiger partial charge in [-0.25, -0.2) is 9.69 Å². The summed E-state index contributed by atoms with van der Waals surface area (Å²) in [5.74, 6) is -5.48. The summed E-state index contributed by atoms with van der Waals surface area (Å²) in [5.41, 5.74) is 2.34. The van der Waals surface area contributed by atoms with Crippen LogP contribution in [0.25, 0.3) is 0 Å². The maximum atomic E-state index is 14.3. The van der Waals surface area contributed by atoms with E-state index >= 15 is 0 Å². The molecule has 0 aromatic heterocycles. The van der Waals surface area contributed by atoms with Gasteiger partial charge in [-0.1, -0.05) is 105 Å². The minimum Gasteiger partial charge on any atom is -0.460 e. The molecule has 0 N–H and O–H groups in total. The molecule has 0 aliphatic rings. The highest BCUT2D eigenvalue weighted by Crippen LogP contribution is 2.28. The highest BCUT2D eigenvalue weighted by Gasteiger charge is 2.45. The average molecular weight is 604 g/mol. The van der Waals surface area contributed by atoms with Crippen LogP contribution in [-0.2, 0) is 53.0 Å². The van der Waals surface area contributed by atoms with E-state index in [4.69, 9.17) is 18.9 Å². The first-order valence-corrected chi connectivity index (χ1v) is 14.7. The van der Waals surface area contributed by atoms with E-state index in [1.807, 2.05) is 56.3 Å². The highest BCUT2D eigenvalue weighted by molar-refractivity contribution is 6.02. The fraction of sp³-hybridized carbons (Fsp3) is 0.371. The summed E-state index contributed by atoms with van der Waals surface area (Å²) in [6, 6.07) is 27.4. The third-order valence-corrected chi connectivity index (χ3v) is 6.87. The zero-order valence-electron chi connectivity index (χ0n) is 25.6. The van der Waals surface area contributed by atoms with E-state index in [0.29, 0.717) is 6.42 Å². The largest absolute Gasteiger partial charge is 0.460 e. The third-order valence-electron chi connectivity index (χ3n) is 6.87. The van der Waals surface area contributed by atoms with Crippen molar-refractivity contribution in [2.45, 2.75) is 39.9 Å². The van der Waals surface area contributed by atoms with Crippen LogP contribution in [0.3, 0.4) is 0 Å². The normalized spacial score (nSPS) is 11.6. The lowest BCUT2D eigenvalue weighted by molar-refractivity contribution is -0.170. The van der Waals surface area contributed by atoms with Gasteiger partial charge in [0.2, 0.25) is 5.91 Å². The van der Waals surface area contributed by atoms with E-state index in [1.165, 1.54) is 7.11 Å². The molecule has 3 rings (SSSR count). The van der Waals surface area contributed by atoms with Crippen molar-refractivity contribution in [2.24, 2.45) is 17.8 Å². The number of amides is 2. The first-order chi connectivity index (χ1) is 21.3. The van der Waals surface area contributed by atoms with Crippen LogP contribution in [0, 0.1) is 17.8 Å². The molecular formula is C35H41NO8. The zero-order valence-corrected chi connectivity index (χ0v) is 25.6. The first kappa shape index (κ1) is 34.0. The van der Waals surface area contributed by atoms with Crippen LogP contribution >= 0.6 is 0 Å². The summed E-state index contributed by atoms with van der Waals surface area (Å²) in [4.78, 5) is 55.8. The minimum absolute atomic E-state index is 0.0197. The Balaban J connectivity index is 1.93. The fourth-order valence-electron chi connectivity index (χ4n) is 4.62. The SMILES string of the molecule is COCCOC(=O)N(CCc1ccccc1)C(=O)[C@H](CC(C)C)C(C(=O)OCc1ccccc1)C(=O)OCc1ccccc1. The fourth-order valence-corrected chi connectivity index (χ4v) is 4.62. The molecule has 234 valence electrons. The van der Waals surface area contributed by atoms with Gasteiger partial charge in [-0.2, -0.15) is 0 Å². The van der Waals surface area contributed by atoms with Crippen molar-refractivity contribution in [3.8, 4) is 0 Å². The van der Waals surface area contributed by atoms with Gasteiger partial charge in [-0.15, -0.1) is 0 Å². The second-order valence-electron chi connectivity index (χ2n) is 10.7. The number of hydrogen-bond acceptors (Lipinski definition) is 8. The molecule has 0 aliphatic heterocycles. The molecule has 2 amide bonds. The topological polar surface area (TPSA) is 108 Å². The number of rotatable bonds is 16. The zero-order chi connectivity index (χ0) is 31.7. The molecule has 0 spiro atoms. The first-order valence-electron chi connectivity index (χ1n) is 14.7. The Kier molecular flexibility index (Phi) is 14.1. The van der Waals surface area contributed by atoms with Crippen LogP contribution in [0.2, 0.25) is 0 Å². The van der Waals surface area contributed by atoms with E-state index in [0.717, 1.165) is 21.6 Å². The summed E-state index contributed by atoms with van der Waals surface area (Å²) in [5, 5.41) is 0. The van der Waals surface area contributed by atoms with E-state index in [1.54, 1.807) is 48.5 Å². The van der Waals surface area contributed by atoms with Gasteiger partial charge in [0.15, 0.2) is 5.92 Å². The van der Waals surface area contributed by atoms with Gasteiger partial charge in [0.1, 0.15) is 19.8 Å². The lowest BCUT2D eigenvalue weighted by Gasteiger charge is -2.30. The molecule has 1 atom stereocenters. The number of benzene rings is 3. The molecule has 44 heavy (non-hydrogen) atoms. The second kappa shape index (κ2) is 18.2. The Bertz CT molecular complexity index is 1260. The minimum atomic E-state index is -1.61. The van der Waals surface area contributed by atoms with E-state index in [-0.39, 0.29) is 45.3 Å². The number of carbonyl (C=O) groups is 4. The number of esters is 2. The third kappa shape index (κ3) is 11.0. The van der Waals surface area contributed by atoms with Crippen molar-refractivity contribution in [3.63, 3.8) is 0 Å². The predicted molar refractivity (Wildman–Crippen MR) is 164 cm³/mol. The van der Waals surface area contributed by atoms with Crippen LogP contribution in [0.4, 0.5) is 4.79 Å². The molecule has 0 heterocycles. The molecule has 9 heteroatoms. The van der Waals surface area contributed by atoms with Crippen molar-refractivity contribution in [2.75, 3.05) is 26.9 Å². The predicted octanol–water partition coefficient (Wildman–Crippen LogP) is 5.61. The molecule has 0 radical (unpaired) electrons. The number of carbonyl (C=O) groups excluding carboxylic acids is 4. The van der Waals surface area contributed by atoms with Crippen LogP contribution in [0.15, 0.2) is 91.0 Å². The molecule has 0 saturated carbocycles. The number of methoxy groups -OCH3 is 1. The van der Waals surface area contributed by atoms with Gasteiger partial charge in [-0.3, -0.25) is 14.4 Å². The smallest absolute Gasteiger partial charge is 0.416 e. The highest BCUT2D eigenvalue weighted by atomic mass is 16.6. The lowest BCUT2D eigenvalue weighted by Crippen LogP contribution is -2.48. The van der Waals surface area contributed by atoms with Crippen LogP contribution in [0.5, 0.6) is 0 Å². The molecule has 3 aromatic carbocycles. The molecule has 3 aromatic rings. The lowest BCUT2D eigenvalue weighted by atomic mass is 9.84.